The summed E-state index contributed by atoms with van der Waals surface area (Å²) >= 11 is 0. The first-order valence-electron chi connectivity index (χ1n) is 10.1. The second kappa shape index (κ2) is 8.90. The Kier molecular flexibility index (Phi) is 5.88. The Morgan fingerprint density at radius 1 is 1.13 bits per heavy atom. The van der Waals surface area contributed by atoms with Crippen molar-refractivity contribution in [1.82, 2.24) is 9.97 Å². The predicted molar refractivity (Wildman–Crippen MR) is 114 cm³/mol. The van der Waals surface area contributed by atoms with Crippen molar-refractivity contribution in [3.63, 3.8) is 0 Å². The van der Waals surface area contributed by atoms with Crippen molar-refractivity contribution in [2.24, 2.45) is 0 Å². The molecule has 7 heteroatoms. The van der Waals surface area contributed by atoms with Crippen LogP contribution in [0, 0.1) is 5.82 Å². The van der Waals surface area contributed by atoms with Crippen molar-refractivity contribution in [3.05, 3.63) is 66.2 Å². The molecule has 1 aliphatic heterocycles. The van der Waals surface area contributed by atoms with Gasteiger partial charge >= 0.3 is 0 Å². The summed E-state index contributed by atoms with van der Waals surface area (Å²) < 4.78 is 18.9. The minimum Gasteiger partial charge on any atom is -0.494 e. The van der Waals surface area contributed by atoms with E-state index < -0.39 is 0 Å². The second-order valence-corrected chi connectivity index (χ2v) is 7.04. The standard InChI is InChI=1S/C23H23FN4O2/c1-2-30-19-7-5-6-17(14-19)20-21(22(26-15-25-20)28-12-3-4-13-28)27-23(29)16-8-10-18(24)11-9-16/h5-11,14-15H,2-4,12-13H2,1H3,(H,27,29). The molecule has 0 bridgehead atoms. The van der Waals surface area contributed by atoms with Crippen LogP contribution in [0.25, 0.3) is 11.3 Å². The van der Waals surface area contributed by atoms with Gasteiger partial charge in [0, 0.05) is 24.2 Å². The Balaban J connectivity index is 1.76. The number of benzene rings is 2. The van der Waals surface area contributed by atoms with E-state index in [1.165, 1.54) is 30.6 Å². The Morgan fingerprint density at radius 2 is 1.90 bits per heavy atom. The molecule has 1 amide bonds. The topological polar surface area (TPSA) is 67.4 Å². The first-order chi connectivity index (χ1) is 14.7. The number of anilines is 2. The molecule has 30 heavy (non-hydrogen) atoms. The van der Waals surface area contributed by atoms with Gasteiger partial charge in [-0.3, -0.25) is 4.79 Å². The molecule has 0 unspecified atom stereocenters. The number of carbonyl (C=O) groups is 1. The van der Waals surface area contributed by atoms with Crippen LogP contribution in [0.15, 0.2) is 54.9 Å². The Bertz CT molecular complexity index is 1030. The Labute approximate surface area is 174 Å². The highest BCUT2D eigenvalue weighted by Gasteiger charge is 2.23. The number of aromatic nitrogens is 2. The molecule has 0 aliphatic carbocycles. The molecule has 3 aromatic rings. The van der Waals surface area contributed by atoms with Crippen LogP contribution in [0.4, 0.5) is 15.9 Å². The first-order valence-corrected chi connectivity index (χ1v) is 10.1. The third-order valence-electron chi connectivity index (χ3n) is 5.00. The van der Waals surface area contributed by atoms with E-state index in [2.05, 4.69) is 20.2 Å². The van der Waals surface area contributed by atoms with Crippen molar-refractivity contribution in [2.45, 2.75) is 19.8 Å². The van der Waals surface area contributed by atoms with E-state index >= 15 is 0 Å². The molecule has 6 nitrogen and oxygen atoms in total. The van der Waals surface area contributed by atoms with Gasteiger partial charge in [0.15, 0.2) is 5.82 Å². The minimum absolute atomic E-state index is 0.340. The number of halogens is 1. The van der Waals surface area contributed by atoms with Crippen molar-refractivity contribution in [3.8, 4) is 17.0 Å². The van der Waals surface area contributed by atoms with Crippen molar-refractivity contribution < 1.29 is 13.9 Å². The molecule has 0 spiro atoms. The summed E-state index contributed by atoms with van der Waals surface area (Å²) in [5.74, 6) is 0.690. The van der Waals surface area contributed by atoms with Crippen LogP contribution in [0.2, 0.25) is 0 Å². The highest BCUT2D eigenvalue weighted by atomic mass is 19.1. The fraction of sp³-hybridized carbons (Fsp3) is 0.261. The van der Waals surface area contributed by atoms with Crippen LogP contribution < -0.4 is 15.0 Å². The molecule has 2 heterocycles. The van der Waals surface area contributed by atoms with Crippen LogP contribution in [0.5, 0.6) is 5.75 Å². The van der Waals surface area contributed by atoms with Crippen molar-refractivity contribution >= 4 is 17.4 Å². The fourth-order valence-corrected chi connectivity index (χ4v) is 3.57. The van der Waals surface area contributed by atoms with Gasteiger partial charge in [-0.2, -0.15) is 0 Å². The number of ether oxygens (including phenoxy) is 1. The smallest absolute Gasteiger partial charge is 0.255 e. The molecule has 0 atom stereocenters. The molecule has 1 aliphatic rings. The highest BCUT2D eigenvalue weighted by Crippen LogP contribution is 2.36. The maximum absolute atomic E-state index is 13.3. The largest absolute Gasteiger partial charge is 0.494 e. The maximum atomic E-state index is 13.3. The molecule has 1 N–H and O–H groups in total. The monoisotopic (exact) mass is 406 g/mol. The average molecular weight is 406 g/mol. The van der Waals surface area contributed by atoms with Gasteiger partial charge in [-0.25, -0.2) is 14.4 Å². The van der Waals surface area contributed by atoms with Gasteiger partial charge < -0.3 is 15.0 Å². The quantitative estimate of drug-likeness (QED) is 0.651. The summed E-state index contributed by atoms with van der Waals surface area (Å²) in [7, 11) is 0. The summed E-state index contributed by atoms with van der Waals surface area (Å²) in [4.78, 5) is 24.0. The lowest BCUT2D eigenvalue weighted by Gasteiger charge is -2.22. The number of hydrogen-bond donors (Lipinski definition) is 1. The van der Waals surface area contributed by atoms with E-state index in [-0.39, 0.29) is 11.7 Å². The van der Waals surface area contributed by atoms with Gasteiger partial charge in [0.2, 0.25) is 0 Å². The third kappa shape index (κ3) is 4.25. The van der Waals surface area contributed by atoms with Crippen LogP contribution in [0.3, 0.4) is 0 Å². The molecule has 0 saturated carbocycles. The normalized spacial score (nSPS) is 13.3. The van der Waals surface area contributed by atoms with E-state index in [1.54, 1.807) is 0 Å². The molecule has 154 valence electrons. The van der Waals surface area contributed by atoms with Gasteiger partial charge in [-0.05, 0) is 56.2 Å². The molecular weight excluding hydrogens is 383 g/mol. The molecule has 1 aromatic heterocycles. The third-order valence-corrected chi connectivity index (χ3v) is 5.00. The Hall–Kier alpha value is -3.48. The molecule has 1 saturated heterocycles. The van der Waals surface area contributed by atoms with E-state index in [9.17, 15) is 9.18 Å². The summed E-state index contributed by atoms with van der Waals surface area (Å²) in [6.45, 7) is 4.22. The van der Waals surface area contributed by atoms with Crippen LogP contribution >= 0.6 is 0 Å². The maximum Gasteiger partial charge on any atom is 0.255 e. The summed E-state index contributed by atoms with van der Waals surface area (Å²) in [6.07, 6.45) is 3.67. The first kappa shape index (κ1) is 19.8. The number of carbonyl (C=O) groups excluding carboxylic acids is 1. The van der Waals surface area contributed by atoms with Crippen LogP contribution in [0.1, 0.15) is 30.1 Å². The van der Waals surface area contributed by atoms with Crippen molar-refractivity contribution in [2.75, 3.05) is 29.9 Å². The number of nitrogens with one attached hydrogen (secondary N) is 1. The van der Waals surface area contributed by atoms with Gasteiger partial charge in [-0.15, -0.1) is 0 Å². The SMILES string of the molecule is CCOc1cccc(-c2ncnc(N3CCCC3)c2NC(=O)c2ccc(F)cc2)c1. The number of amides is 1. The van der Waals surface area contributed by atoms with Crippen molar-refractivity contribution in [1.29, 1.82) is 0 Å². The molecule has 1 fully saturated rings. The zero-order valence-corrected chi connectivity index (χ0v) is 16.8. The summed E-state index contributed by atoms with van der Waals surface area (Å²) in [5, 5.41) is 2.97. The van der Waals surface area contributed by atoms with E-state index in [1.807, 2.05) is 31.2 Å². The van der Waals surface area contributed by atoms with Crippen LogP contribution in [-0.2, 0) is 0 Å². The van der Waals surface area contributed by atoms with Gasteiger partial charge in [0.25, 0.3) is 5.91 Å². The Morgan fingerprint density at radius 3 is 2.63 bits per heavy atom. The number of hydrogen-bond acceptors (Lipinski definition) is 5. The molecule has 4 rings (SSSR count). The van der Waals surface area contributed by atoms with E-state index in [0.29, 0.717) is 29.4 Å². The van der Waals surface area contributed by atoms with Gasteiger partial charge in [-0.1, -0.05) is 12.1 Å². The fourth-order valence-electron chi connectivity index (χ4n) is 3.57. The lowest BCUT2D eigenvalue weighted by molar-refractivity contribution is 0.102. The molecule has 2 aromatic carbocycles. The number of rotatable bonds is 6. The zero-order valence-electron chi connectivity index (χ0n) is 16.8. The van der Waals surface area contributed by atoms with Crippen LogP contribution in [-0.4, -0.2) is 35.6 Å². The summed E-state index contributed by atoms with van der Waals surface area (Å²) in [5.41, 5.74) is 2.34. The van der Waals surface area contributed by atoms with E-state index in [0.717, 1.165) is 37.2 Å². The lowest BCUT2D eigenvalue weighted by Crippen LogP contribution is -2.23. The zero-order chi connectivity index (χ0) is 20.9. The second-order valence-electron chi connectivity index (χ2n) is 7.04. The minimum atomic E-state index is -0.388. The number of nitrogens with zero attached hydrogens (tertiary/aromatic N) is 3. The molecule has 0 radical (unpaired) electrons. The van der Waals surface area contributed by atoms with Gasteiger partial charge in [0.05, 0.1) is 12.3 Å². The summed E-state index contributed by atoms with van der Waals surface area (Å²) in [6, 6.07) is 13.0. The predicted octanol–water partition coefficient (Wildman–Crippen LogP) is 4.53. The van der Waals surface area contributed by atoms with E-state index in [4.69, 9.17) is 4.74 Å². The lowest BCUT2D eigenvalue weighted by atomic mass is 10.1. The molecular formula is C23H23FN4O2. The van der Waals surface area contributed by atoms with Gasteiger partial charge in [0.1, 0.15) is 23.6 Å². The average Bonchev–Trinajstić information content (AvgIpc) is 3.29. The highest BCUT2D eigenvalue weighted by molar-refractivity contribution is 6.07.